The van der Waals surface area contributed by atoms with Gasteiger partial charge in [0.25, 0.3) is 5.69 Å². The van der Waals surface area contributed by atoms with Gasteiger partial charge in [0.05, 0.1) is 4.92 Å². The Morgan fingerprint density at radius 1 is 1.45 bits per heavy atom. The van der Waals surface area contributed by atoms with Crippen molar-refractivity contribution >= 4 is 11.8 Å². The number of nitro benzene ring substituents is 1. The molecule has 22 heavy (non-hydrogen) atoms. The number of benzene rings is 1. The van der Waals surface area contributed by atoms with Gasteiger partial charge in [-0.05, 0) is 34.1 Å². The Hall–Kier alpha value is -2.15. The molecule has 1 atom stereocenters. The number of nitro groups is 1. The molecule has 1 amide bonds. The molecule has 0 aliphatic rings. The SMILES string of the molecule is Cc1cccc(CC(N)CNC(=O)OC(C)(C)C)c1[N+](=O)[O-]. The van der Waals surface area contributed by atoms with Gasteiger partial charge in [0.1, 0.15) is 5.60 Å². The van der Waals surface area contributed by atoms with Gasteiger partial charge in [-0.1, -0.05) is 18.2 Å². The maximum Gasteiger partial charge on any atom is 0.407 e. The molecule has 0 fully saturated rings. The largest absolute Gasteiger partial charge is 0.444 e. The third-order valence-corrected chi connectivity index (χ3v) is 2.89. The lowest BCUT2D eigenvalue weighted by Gasteiger charge is -2.20. The van der Waals surface area contributed by atoms with Gasteiger partial charge in [-0.2, -0.15) is 0 Å². The van der Waals surface area contributed by atoms with Crippen LogP contribution in [0.3, 0.4) is 0 Å². The molecule has 0 saturated heterocycles. The van der Waals surface area contributed by atoms with Crippen LogP contribution in [0.2, 0.25) is 0 Å². The Bertz CT molecular complexity index is 552. The van der Waals surface area contributed by atoms with Crippen LogP contribution in [0.4, 0.5) is 10.5 Å². The second-order valence-corrected chi connectivity index (χ2v) is 6.19. The molecule has 1 unspecified atom stereocenters. The summed E-state index contributed by atoms with van der Waals surface area (Å²) in [5.41, 5.74) is 6.59. The van der Waals surface area contributed by atoms with Crippen molar-refractivity contribution in [3.63, 3.8) is 0 Å². The maximum atomic E-state index is 11.5. The first-order chi connectivity index (χ1) is 10.1. The van der Waals surface area contributed by atoms with Crippen molar-refractivity contribution in [3.8, 4) is 0 Å². The average Bonchev–Trinajstić information content (AvgIpc) is 2.34. The zero-order chi connectivity index (χ0) is 16.9. The van der Waals surface area contributed by atoms with E-state index in [-0.39, 0.29) is 12.2 Å². The average molecular weight is 309 g/mol. The summed E-state index contributed by atoms with van der Waals surface area (Å²) in [6.45, 7) is 7.17. The molecule has 1 rings (SSSR count). The molecule has 0 aromatic heterocycles. The summed E-state index contributed by atoms with van der Waals surface area (Å²) in [5, 5.41) is 13.7. The highest BCUT2D eigenvalue weighted by molar-refractivity contribution is 5.67. The quantitative estimate of drug-likeness (QED) is 0.641. The molecule has 1 aromatic carbocycles. The molecule has 0 spiro atoms. The molecule has 3 N–H and O–H groups in total. The molecular formula is C15H23N3O4. The fourth-order valence-electron chi connectivity index (χ4n) is 2.03. The van der Waals surface area contributed by atoms with E-state index in [1.54, 1.807) is 45.9 Å². The normalized spacial score (nSPS) is 12.6. The smallest absolute Gasteiger partial charge is 0.407 e. The second-order valence-electron chi connectivity index (χ2n) is 6.19. The van der Waals surface area contributed by atoms with Crippen LogP contribution in [0.25, 0.3) is 0 Å². The highest BCUT2D eigenvalue weighted by Crippen LogP contribution is 2.23. The van der Waals surface area contributed by atoms with Crippen molar-refractivity contribution in [3.05, 3.63) is 39.4 Å². The molecule has 122 valence electrons. The zero-order valence-corrected chi connectivity index (χ0v) is 13.4. The molecule has 0 saturated carbocycles. The van der Waals surface area contributed by atoms with Crippen LogP contribution in [0.15, 0.2) is 18.2 Å². The Kier molecular flexibility index (Phi) is 5.87. The number of nitrogens with two attached hydrogens (primary N) is 1. The Labute approximate surface area is 130 Å². The topological polar surface area (TPSA) is 107 Å². The van der Waals surface area contributed by atoms with Crippen molar-refractivity contribution in [2.24, 2.45) is 5.73 Å². The number of carbonyl (C=O) groups is 1. The highest BCUT2D eigenvalue weighted by atomic mass is 16.6. The van der Waals surface area contributed by atoms with E-state index in [4.69, 9.17) is 10.5 Å². The number of hydrogen-bond acceptors (Lipinski definition) is 5. The van der Waals surface area contributed by atoms with E-state index < -0.39 is 22.7 Å². The van der Waals surface area contributed by atoms with E-state index >= 15 is 0 Å². The van der Waals surface area contributed by atoms with Gasteiger partial charge in [0.2, 0.25) is 0 Å². The lowest BCUT2D eigenvalue weighted by atomic mass is 10.0. The first kappa shape index (κ1) is 17.9. The standard InChI is InChI=1S/C15H23N3O4/c1-10-6-5-7-11(13(10)18(20)21)8-12(16)9-17-14(19)22-15(2,3)4/h5-7,12H,8-9,16H2,1-4H3,(H,17,19). The third-order valence-electron chi connectivity index (χ3n) is 2.89. The van der Waals surface area contributed by atoms with Gasteiger partial charge in [-0.15, -0.1) is 0 Å². The van der Waals surface area contributed by atoms with Crippen molar-refractivity contribution in [1.29, 1.82) is 0 Å². The van der Waals surface area contributed by atoms with Crippen LogP contribution in [0, 0.1) is 17.0 Å². The fourth-order valence-corrected chi connectivity index (χ4v) is 2.03. The summed E-state index contributed by atoms with van der Waals surface area (Å²) in [5.74, 6) is 0. The van der Waals surface area contributed by atoms with Crippen LogP contribution >= 0.6 is 0 Å². The molecule has 7 nitrogen and oxygen atoms in total. The van der Waals surface area contributed by atoms with Crippen LogP contribution in [0.1, 0.15) is 31.9 Å². The summed E-state index contributed by atoms with van der Waals surface area (Å²) in [6, 6.07) is 4.68. The molecule has 0 heterocycles. The molecule has 1 aromatic rings. The van der Waals surface area contributed by atoms with Gasteiger partial charge in [0, 0.05) is 23.7 Å². The minimum Gasteiger partial charge on any atom is -0.444 e. The molecular weight excluding hydrogens is 286 g/mol. The lowest BCUT2D eigenvalue weighted by molar-refractivity contribution is -0.386. The first-order valence-electron chi connectivity index (χ1n) is 7.05. The van der Waals surface area contributed by atoms with Crippen molar-refractivity contribution in [1.82, 2.24) is 5.32 Å². The van der Waals surface area contributed by atoms with Crippen molar-refractivity contribution < 1.29 is 14.5 Å². The van der Waals surface area contributed by atoms with Crippen molar-refractivity contribution in [2.45, 2.75) is 45.8 Å². The van der Waals surface area contributed by atoms with E-state index in [0.29, 0.717) is 17.5 Å². The Morgan fingerprint density at radius 3 is 2.64 bits per heavy atom. The minimum atomic E-state index is -0.580. The summed E-state index contributed by atoms with van der Waals surface area (Å²) >= 11 is 0. The lowest BCUT2D eigenvalue weighted by Crippen LogP contribution is -2.41. The number of alkyl carbamates (subject to hydrolysis) is 1. The first-order valence-corrected chi connectivity index (χ1v) is 7.05. The van der Waals surface area contributed by atoms with Crippen LogP contribution in [-0.4, -0.2) is 29.2 Å². The predicted octanol–water partition coefficient (Wildman–Crippen LogP) is 2.30. The van der Waals surface area contributed by atoms with Crippen LogP contribution < -0.4 is 11.1 Å². The number of aryl methyl sites for hydroxylation is 1. The monoisotopic (exact) mass is 309 g/mol. The Balaban J connectivity index is 2.63. The van der Waals surface area contributed by atoms with Gasteiger partial charge < -0.3 is 15.8 Å². The molecule has 0 bridgehead atoms. The number of nitrogens with zero attached hydrogens (tertiary/aromatic N) is 1. The fraction of sp³-hybridized carbons (Fsp3) is 0.533. The molecule has 0 radical (unpaired) electrons. The number of carbonyl (C=O) groups excluding carboxylic acids is 1. The molecule has 7 heteroatoms. The molecule has 0 aliphatic carbocycles. The van der Waals surface area contributed by atoms with Gasteiger partial charge in [0.15, 0.2) is 0 Å². The zero-order valence-electron chi connectivity index (χ0n) is 13.4. The number of para-hydroxylation sites is 1. The number of nitrogens with one attached hydrogen (secondary N) is 1. The highest BCUT2D eigenvalue weighted by Gasteiger charge is 2.20. The summed E-state index contributed by atoms with van der Waals surface area (Å²) in [6.07, 6.45) is -0.255. The van der Waals surface area contributed by atoms with Crippen molar-refractivity contribution in [2.75, 3.05) is 6.54 Å². The van der Waals surface area contributed by atoms with E-state index in [0.717, 1.165) is 0 Å². The summed E-state index contributed by atoms with van der Waals surface area (Å²) in [7, 11) is 0. The third kappa shape index (κ3) is 5.69. The van der Waals surface area contributed by atoms with Gasteiger partial charge in [-0.3, -0.25) is 10.1 Å². The van der Waals surface area contributed by atoms with E-state index in [1.807, 2.05) is 0 Å². The predicted molar refractivity (Wildman–Crippen MR) is 83.7 cm³/mol. The number of rotatable bonds is 5. The summed E-state index contributed by atoms with van der Waals surface area (Å²) in [4.78, 5) is 22.3. The number of amides is 1. The van der Waals surface area contributed by atoms with E-state index in [2.05, 4.69) is 5.32 Å². The minimum absolute atomic E-state index is 0.0789. The van der Waals surface area contributed by atoms with Gasteiger partial charge in [-0.25, -0.2) is 4.79 Å². The summed E-state index contributed by atoms with van der Waals surface area (Å²) < 4.78 is 5.11. The van der Waals surface area contributed by atoms with Crippen LogP contribution in [0.5, 0.6) is 0 Å². The number of ether oxygens (including phenoxy) is 1. The van der Waals surface area contributed by atoms with Crippen LogP contribution in [-0.2, 0) is 11.2 Å². The molecule has 0 aliphatic heterocycles. The number of hydrogen-bond donors (Lipinski definition) is 2. The van der Waals surface area contributed by atoms with Gasteiger partial charge >= 0.3 is 6.09 Å². The van der Waals surface area contributed by atoms with E-state index in [1.165, 1.54) is 0 Å². The Morgan fingerprint density at radius 2 is 2.09 bits per heavy atom. The van der Waals surface area contributed by atoms with E-state index in [9.17, 15) is 14.9 Å². The maximum absolute atomic E-state index is 11.5. The second kappa shape index (κ2) is 7.22.